The zero-order valence-electron chi connectivity index (χ0n) is 9.80. The molecule has 2 saturated carbocycles. The summed E-state index contributed by atoms with van der Waals surface area (Å²) in [5, 5.41) is 13.1. The number of aliphatic hydroxyl groups excluding tert-OH is 1. The van der Waals surface area contributed by atoms with Crippen LogP contribution in [-0.4, -0.2) is 23.8 Å². The minimum absolute atomic E-state index is 0.0947. The number of aliphatic hydroxyl groups is 1. The minimum Gasteiger partial charge on any atom is -0.394 e. The van der Waals surface area contributed by atoms with Crippen LogP contribution in [0.4, 0.5) is 0 Å². The van der Waals surface area contributed by atoms with Crippen LogP contribution in [0.2, 0.25) is 0 Å². The van der Waals surface area contributed by atoms with E-state index in [0.717, 1.165) is 12.5 Å². The van der Waals surface area contributed by atoms with E-state index in [1.54, 1.807) is 0 Å². The molecule has 0 spiro atoms. The monoisotopic (exact) mass is 211 g/mol. The van der Waals surface area contributed by atoms with Gasteiger partial charge in [0.25, 0.3) is 0 Å². The van der Waals surface area contributed by atoms with Gasteiger partial charge in [0, 0.05) is 5.54 Å². The van der Waals surface area contributed by atoms with Crippen LogP contribution < -0.4 is 5.32 Å². The van der Waals surface area contributed by atoms with Gasteiger partial charge in [0.05, 0.1) is 6.61 Å². The van der Waals surface area contributed by atoms with E-state index in [4.69, 9.17) is 0 Å². The lowest BCUT2D eigenvalue weighted by molar-refractivity contribution is 0.154. The topological polar surface area (TPSA) is 32.3 Å². The summed E-state index contributed by atoms with van der Waals surface area (Å²) in [6.45, 7) is 1.47. The van der Waals surface area contributed by atoms with Gasteiger partial charge in [-0.25, -0.2) is 0 Å². The molecule has 0 aromatic rings. The minimum atomic E-state index is 0.0947. The van der Waals surface area contributed by atoms with E-state index in [1.165, 1.54) is 57.8 Å². The predicted octanol–water partition coefficient (Wildman–Crippen LogP) is 2.46. The van der Waals surface area contributed by atoms with Crippen LogP contribution in [0.1, 0.15) is 57.8 Å². The summed E-state index contributed by atoms with van der Waals surface area (Å²) in [6.07, 6.45) is 12.0. The van der Waals surface area contributed by atoms with Crippen LogP contribution in [0.25, 0.3) is 0 Å². The number of rotatable bonds is 4. The maximum atomic E-state index is 9.48. The van der Waals surface area contributed by atoms with Gasteiger partial charge in [-0.05, 0) is 38.1 Å². The van der Waals surface area contributed by atoms with E-state index in [-0.39, 0.29) is 5.54 Å². The Morgan fingerprint density at radius 2 is 1.67 bits per heavy atom. The Morgan fingerprint density at radius 3 is 2.27 bits per heavy atom. The van der Waals surface area contributed by atoms with Crippen LogP contribution >= 0.6 is 0 Å². The highest BCUT2D eigenvalue weighted by molar-refractivity contribution is 4.92. The lowest BCUT2D eigenvalue weighted by atomic mass is 9.88. The fourth-order valence-corrected chi connectivity index (χ4v) is 3.19. The molecule has 0 radical (unpaired) electrons. The first-order valence-electron chi connectivity index (χ1n) is 6.71. The molecule has 2 rings (SSSR count). The third-order valence-corrected chi connectivity index (χ3v) is 4.35. The van der Waals surface area contributed by atoms with Crippen molar-refractivity contribution in [1.29, 1.82) is 0 Å². The van der Waals surface area contributed by atoms with Crippen LogP contribution in [0.3, 0.4) is 0 Å². The summed E-state index contributed by atoms with van der Waals surface area (Å²) < 4.78 is 0. The van der Waals surface area contributed by atoms with Crippen molar-refractivity contribution >= 4 is 0 Å². The van der Waals surface area contributed by atoms with E-state index in [9.17, 15) is 5.11 Å². The summed E-state index contributed by atoms with van der Waals surface area (Å²) in [6, 6.07) is 0. The molecule has 2 aliphatic rings. The van der Waals surface area contributed by atoms with Gasteiger partial charge in [-0.3, -0.25) is 0 Å². The first-order valence-corrected chi connectivity index (χ1v) is 6.71. The molecule has 0 aromatic carbocycles. The molecule has 0 aromatic heterocycles. The Balaban J connectivity index is 1.75. The highest BCUT2D eigenvalue weighted by atomic mass is 16.3. The fourth-order valence-electron chi connectivity index (χ4n) is 3.19. The van der Waals surface area contributed by atoms with Crippen LogP contribution in [0.5, 0.6) is 0 Å². The van der Waals surface area contributed by atoms with Crippen molar-refractivity contribution in [2.24, 2.45) is 5.92 Å². The zero-order valence-corrected chi connectivity index (χ0v) is 9.80. The quantitative estimate of drug-likeness (QED) is 0.748. The fraction of sp³-hybridized carbons (Fsp3) is 1.00. The third kappa shape index (κ3) is 2.94. The highest BCUT2D eigenvalue weighted by Crippen LogP contribution is 2.30. The average Bonchev–Trinajstić information content (AvgIpc) is 2.77. The molecule has 0 bridgehead atoms. The van der Waals surface area contributed by atoms with Crippen molar-refractivity contribution in [3.05, 3.63) is 0 Å². The van der Waals surface area contributed by atoms with E-state index >= 15 is 0 Å². The molecule has 2 aliphatic carbocycles. The van der Waals surface area contributed by atoms with Gasteiger partial charge >= 0.3 is 0 Å². The molecule has 2 nitrogen and oxygen atoms in total. The van der Waals surface area contributed by atoms with Crippen molar-refractivity contribution in [1.82, 2.24) is 5.32 Å². The lowest BCUT2D eigenvalue weighted by Gasteiger charge is -2.31. The molecule has 88 valence electrons. The number of nitrogens with one attached hydrogen (secondary N) is 1. The van der Waals surface area contributed by atoms with Crippen LogP contribution in [-0.2, 0) is 0 Å². The molecule has 0 unspecified atom stereocenters. The van der Waals surface area contributed by atoms with E-state index in [1.807, 2.05) is 0 Å². The molecule has 0 atom stereocenters. The molecule has 2 N–H and O–H groups in total. The van der Waals surface area contributed by atoms with Gasteiger partial charge in [0.2, 0.25) is 0 Å². The van der Waals surface area contributed by atoms with Gasteiger partial charge in [-0.15, -0.1) is 0 Å². The molecular weight excluding hydrogens is 186 g/mol. The molecule has 2 heteroatoms. The Bertz CT molecular complexity index is 181. The van der Waals surface area contributed by atoms with Crippen molar-refractivity contribution in [2.75, 3.05) is 13.2 Å². The summed E-state index contributed by atoms with van der Waals surface area (Å²) in [7, 11) is 0. The van der Waals surface area contributed by atoms with Gasteiger partial charge in [-0.2, -0.15) is 0 Å². The summed E-state index contributed by atoms with van der Waals surface area (Å²) >= 11 is 0. The van der Waals surface area contributed by atoms with Crippen molar-refractivity contribution < 1.29 is 5.11 Å². The summed E-state index contributed by atoms with van der Waals surface area (Å²) in [4.78, 5) is 0. The van der Waals surface area contributed by atoms with Crippen molar-refractivity contribution in [2.45, 2.75) is 63.3 Å². The number of hydrogen-bond acceptors (Lipinski definition) is 2. The Morgan fingerprint density at radius 1 is 1.00 bits per heavy atom. The third-order valence-electron chi connectivity index (χ3n) is 4.35. The smallest absolute Gasteiger partial charge is 0.0613 e. The second-order valence-electron chi connectivity index (χ2n) is 5.53. The molecule has 0 aliphatic heterocycles. The van der Waals surface area contributed by atoms with Crippen LogP contribution in [0.15, 0.2) is 0 Å². The van der Waals surface area contributed by atoms with Gasteiger partial charge in [-0.1, -0.05) is 32.1 Å². The SMILES string of the molecule is OCC1(NCC2CCCCC2)CCCC1. The molecule has 2 fully saturated rings. The predicted molar refractivity (Wildman–Crippen MR) is 62.9 cm³/mol. The Kier molecular flexibility index (Phi) is 4.04. The standard InChI is InChI=1S/C13H25NO/c15-11-13(8-4-5-9-13)14-10-12-6-2-1-3-7-12/h12,14-15H,1-11H2. The van der Waals surface area contributed by atoms with E-state index in [0.29, 0.717) is 6.61 Å². The second kappa shape index (κ2) is 5.31. The van der Waals surface area contributed by atoms with Gasteiger partial charge < -0.3 is 10.4 Å². The second-order valence-corrected chi connectivity index (χ2v) is 5.53. The van der Waals surface area contributed by atoms with Gasteiger partial charge in [0.1, 0.15) is 0 Å². The Hall–Kier alpha value is -0.0800. The first-order chi connectivity index (χ1) is 7.35. The molecule has 0 amide bonds. The lowest BCUT2D eigenvalue weighted by Crippen LogP contribution is -2.48. The molecular formula is C13H25NO. The largest absolute Gasteiger partial charge is 0.394 e. The highest BCUT2D eigenvalue weighted by Gasteiger charge is 2.33. The zero-order chi connectivity index (χ0) is 10.6. The normalized spacial score (nSPS) is 27.0. The first kappa shape index (κ1) is 11.4. The molecule has 0 saturated heterocycles. The van der Waals surface area contributed by atoms with Crippen molar-refractivity contribution in [3.63, 3.8) is 0 Å². The number of hydrogen-bond donors (Lipinski definition) is 2. The summed E-state index contributed by atoms with van der Waals surface area (Å²) in [5.41, 5.74) is 0.0947. The summed E-state index contributed by atoms with van der Waals surface area (Å²) in [5.74, 6) is 0.878. The Labute approximate surface area is 93.5 Å². The molecule has 15 heavy (non-hydrogen) atoms. The van der Waals surface area contributed by atoms with E-state index < -0.39 is 0 Å². The van der Waals surface area contributed by atoms with Gasteiger partial charge in [0.15, 0.2) is 0 Å². The average molecular weight is 211 g/mol. The maximum Gasteiger partial charge on any atom is 0.0613 e. The van der Waals surface area contributed by atoms with E-state index in [2.05, 4.69) is 5.32 Å². The maximum absolute atomic E-state index is 9.48. The molecule has 0 heterocycles. The van der Waals surface area contributed by atoms with Crippen molar-refractivity contribution in [3.8, 4) is 0 Å². The van der Waals surface area contributed by atoms with Crippen LogP contribution in [0, 0.1) is 5.92 Å².